The van der Waals surface area contributed by atoms with Gasteiger partial charge in [-0.15, -0.1) is 0 Å². The second-order valence-electron chi connectivity index (χ2n) is 7.66. The van der Waals surface area contributed by atoms with Crippen molar-refractivity contribution in [2.75, 3.05) is 51.8 Å². The Hall–Kier alpha value is -2.37. The molecule has 1 heterocycles. The third-order valence-corrected chi connectivity index (χ3v) is 5.51. The van der Waals surface area contributed by atoms with E-state index in [0.29, 0.717) is 12.1 Å². The minimum absolute atomic E-state index is 0.0220. The van der Waals surface area contributed by atoms with Crippen LogP contribution < -0.4 is 10.2 Å². The standard InChI is InChI=1S/C23H31N3O2/c1-17-5-6-20(15-18(17)2)23(27)24-16-22(26-11-13-28-14-12-26)19-7-9-21(10-8-19)25(3)4/h5-10,15,22H,11-14,16H2,1-4H3,(H,24,27). The van der Waals surface area contributed by atoms with Crippen molar-refractivity contribution in [1.29, 1.82) is 0 Å². The molecule has 0 radical (unpaired) electrons. The molecule has 0 aromatic heterocycles. The van der Waals surface area contributed by atoms with Crippen molar-refractivity contribution in [2.45, 2.75) is 19.9 Å². The fraction of sp³-hybridized carbons (Fsp3) is 0.435. The largest absolute Gasteiger partial charge is 0.379 e. The summed E-state index contributed by atoms with van der Waals surface area (Å²) < 4.78 is 5.52. The van der Waals surface area contributed by atoms with Crippen LogP contribution in [0, 0.1) is 13.8 Å². The molecule has 1 amide bonds. The summed E-state index contributed by atoms with van der Waals surface area (Å²) in [6.45, 7) is 7.89. The number of rotatable bonds is 6. The highest BCUT2D eigenvalue weighted by Gasteiger charge is 2.23. The van der Waals surface area contributed by atoms with Gasteiger partial charge in [0.2, 0.25) is 0 Å². The number of benzene rings is 2. The molecular weight excluding hydrogens is 350 g/mol. The summed E-state index contributed by atoms with van der Waals surface area (Å²) in [4.78, 5) is 17.2. The van der Waals surface area contributed by atoms with E-state index < -0.39 is 0 Å². The van der Waals surface area contributed by atoms with E-state index in [1.807, 2.05) is 39.2 Å². The zero-order valence-corrected chi connectivity index (χ0v) is 17.4. The quantitative estimate of drug-likeness (QED) is 0.835. The lowest BCUT2D eigenvalue weighted by atomic mass is 10.0. The zero-order chi connectivity index (χ0) is 20.1. The second kappa shape index (κ2) is 9.22. The Morgan fingerprint density at radius 2 is 1.75 bits per heavy atom. The van der Waals surface area contributed by atoms with Crippen LogP contribution in [0.3, 0.4) is 0 Å². The van der Waals surface area contributed by atoms with Gasteiger partial charge in [0.15, 0.2) is 0 Å². The van der Waals surface area contributed by atoms with E-state index in [9.17, 15) is 4.79 Å². The highest BCUT2D eigenvalue weighted by atomic mass is 16.5. The van der Waals surface area contributed by atoms with Crippen LogP contribution in [-0.4, -0.2) is 57.8 Å². The number of anilines is 1. The Labute approximate surface area is 168 Å². The number of nitrogens with one attached hydrogen (secondary N) is 1. The molecule has 0 saturated carbocycles. The molecule has 0 aliphatic carbocycles. The molecule has 2 aromatic rings. The lowest BCUT2D eigenvalue weighted by molar-refractivity contribution is 0.0162. The average Bonchev–Trinajstić information content (AvgIpc) is 2.71. The van der Waals surface area contributed by atoms with Gasteiger partial charge < -0.3 is 15.0 Å². The fourth-order valence-corrected chi connectivity index (χ4v) is 3.52. The molecule has 1 saturated heterocycles. The summed E-state index contributed by atoms with van der Waals surface area (Å²) in [6, 6.07) is 14.6. The van der Waals surface area contributed by atoms with Crippen molar-refractivity contribution in [3.05, 3.63) is 64.7 Å². The average molecular weight is 382 g/mol. The number of aryl methyl sites for hydroxylation is 2. The number of morpholine rings is 1. The predicted molar refractivity (Wildman–Crippen MR) is 114 cm³/mol. The van der Waals surface area contributed by atoms with E-state index in [2.05, 4.69) is 46.3 Å². The molecule has 1 aliphatic rings. The molecule has 150 valence electrons. The van der Waals surface area contributed by atoms with Crippen LogP contribution in [-0.2, 0) is 4.74 Å². The molecule has 0 spiro atoms. The van der Waals surface area contributed by atoms with Crippen LogP contribution in [0.25, 0.3) is 0 Å². The number of carbonyl (C=O) groups is 1. The van der Waals surface area contributed by atoms with Gasteiger partial charge >= 0.3 is 0 Å². The summed E-state index contributed by atoms with van der Waals surface area (Å²) in [6.07, 6.45) is 0. The van der Waals surface area contributed by atoms with Crippen LogP contribution in [0.5, 0.6) is 0 Å². The Kier molecular flexibility index (Phi) is 6.70. The smallest absolute Gasteiger partial charge is 0.251 e. The molecule has 5 nitrogen and oxygen atoms in total. The van der Waals surface area contributed by atoms with Gasteiger partial charge in [-0.25, -0.2) is 0 Å². The number of nitrogens with zero attached hydrogens (tertiary/aromatic N) is 2. The summed E-state index contributed by atoms with van der Waals surface area (Å²) in [5.74, 6) is -0.0220. The van der Waals surface area contributed by atoms with E-state index in [1.165, 1.54) is 16.8 Å². The van der Waals surface area contributed by atoms with Crippen LogP contribution in [0.4, 0.5) is 5.69 Å². The molecule has 5 heteroatoms. The first-order valence-corrected chi connectivity index (χ1v) is 9.90. The normalized spacial score (nSPS) is 15.9. The molecule has 1 unspecified atom stereocenters. The van der Waals surface area contributed by atoms with Gasteiger partial charge in [0.1, 0.15) is 0 Å². The van der Waals surface area contributed by atoms with Crippen molar-refractivity contribution >= 4 is 11.6 Å². The first kappa shape index (κ1) is 20.4. The minimum atomic E-state index is -0.0220. The van der Waals surface area contributed by atoms with Crippen molar-refractivity contribution in [2.24, 2.45) is 0 Å². The molecule has 3 rings (SSSR count). The summed E-state index contributed by atoms with van der Waals surface area (Å²) in [5, 5.41) is 3.15. The van der Waals surface area contributed by atoms with Crippen molar-refractivity contribution in [1.82, 2.24) is 10.2 Å². The van der Waals surface area contributed by atoms with Crippen molar-refractivity contribution in [3.8, 4) is 0 Å². The number of carbonyl (C=O) groups excluding carboxylic acids is 1. The van der Waals surface area contributed by atoms with Gasteiger partial charge in [0.25, 0.3) is 5.91 Å². The number of hydrogen-bond donors (Lipinski definition) is 1. The van der Waals surface area contributed by atoms with E-state index in [0.717, 1.165) is 31.9 Å². The van der Waals surface area contributed by atoms with E-state index in [4.69, 9.17) is 4.74 Å². The number of amides is 1. The molecule has 1 aliphatic heterocycles. The highest BCUT2D eigenvalue weighted by molar-refractivity contribution is 5.94. The van der Waals surface area contributed by atoms with Crippen molar-refractivity contribution < 1.29 is 9.53 Å². The SMILES string of the molecule is Cc1ccc(C(=O)NCC(c2ccc(N(C)C)cc2)N2CCOCC2)cc1C. The van der Waals surface area contributed by atoms with Crippen LogP contribution in [0.1, 0.15) is 33.1 Å². The summed E-state index contributed by atoms with van der Waals surface area (Å²) in [5.41, 5.74) is 5.43. The minimum Gasteiger partial charge on any atom is -0.379 e. The third kappa shape index (κ3) is 4.91. The van der Waals surface area contributed by atoms with Crippen molar-refractivity contribution in [3.63, 3.8) is 0 Å². The van der Waals surface area contributed by atoms with Gasteiger partial charge in [-0.1, -0.05) is 18.2 Å². The number of ether oxygens (including phenoxy) is 1. The van der Waals surface area contributed by atoms with E-state index >= 15 is 0 Å². The summed E-state index contributed by atoms with van der Waals surface area (Å²) in [7, 11) is 4.08. The van der Waals surface area contributed by atoms with Gasteiger partial charge in [0.05, 0.1) is 19.3 Å². The molecule has 1 atom stereocenters. The molecule has 28 heavy (non-hydrogen) atoms. The fourth-order valence-electron chi connectivity index (χ4n) is 3.52. The zero-order valence-electron chi connectivity index (χ0n) is 17.4. The van der Waals surface area contributed by atoms with Gasteiger partial charge in [0, 0.05) is 45.0 Å². The van der Waals surface area contributed by atoms with Crippen LogP contribution in [0.15, 0.2) is 42.5 Å². The first-order chi connectivity index (χ1) is 13.5. The maximum Gasteiger partial charge on any atom is 0.251 e. The Balaban J connectivity index is 1.75. The highest BCUT2D eigenvalue weighted by Crippen LogP contribution is 2.24. The first-order valence-electron chi connectivity index (χ1n) is 9.90. The molecule has 2 aromatic carbocycles. The molecule has 1 N–H and O–H groups in total. The monoisotopic (exact) mass is 381 g/mol. The lowest BCUT2D eigenvalue weighted by Gasteiger charge is -2.35. The van der Waals surface area contributed by atoms with Crippen LogP contribution >= 0.6 is 0 Å². The van der Waals surface area contributed by atoms with Gasteiger partial charge in [-0.3, -0.25) is 9.69 Å². The predicted octanol–water partition coefficient (Wildman–Crippen LogP) is 3.17. The topological polar surface area (TPSA) is 44.8 Å². The lowest BCUT2D eigenvalue weighted by Crippen LogP contribution is -2.43. The summed E-state index contributed by atoms with van der Waals surface area (Å²) >= 11 is 0. The Morgan fingerprint density at radius 3 is 2.36 bits per heavy atom. The Morgan fingerprint density at radius 1 is 1.07 bits per heavy atom. The van der Waals surface area contributed by atoms with Gasteiger partial charge in [-0.05, 0) is 54.8 Å². The molecule has 0 bridgehead atoms. The molecule has 1 fully saturated rings. The molecular formula is C23H31N3O2. The number of hydrogen-bond acceptors (Lipinski definition) is 4. The van der Waals surface area contributed by atoms with Crippen LogP contribution in [0.2, 0.25) is 0 Å². The third-order valence-electron chi connectivity index (χ3n) is 5.51. The van der Waals surface area contributed by atoms with E-state index in [1.54, 1.807) is 0 Å². The maximum atomic E-state index is 12.7. The second-order valence-corrected chi connectivity index (χ2v) is 7.66. The maximum absolute atomic E-state index is 12.7. The van der Waals surface area contributed by atoms with Gasteiger partial charge in [-0.2, -0.15) is 0 Å². The Bertz CT molecular complexity index is 796. The van der Waals surface area contributed by atoms with E-state index in [-0.39, 0.29) is 11.9 Å².